The summed E-state index contributed by atoms with van der Waals surface area (Å²) in [6.45, 7) is 2.09. The van der Waals surface area contributed by atoms with E-state index in [9.17, 15) is 31.1 Å². The molecule has 1 amide bonds. The lowest BCUT2D eigenvalue weighted by molar-refractivity contribution is -0.143. The van der Waals surface area contributed by atoms with Crippen LogP contribution >= 0.6 is 0 Å². The Kier molecular flexibility index (Phi) is 8.39. The maximum atomic E-state index is 13.8. The summed E-state index contributed by atoms with van der Waals surface area (Å²) in [6.07, 6.45) is -7.58. The molecular weight excluding hydrogens is 518 g/mol. The van der Waals surface area contributed by atoms with Gasteiger partial charge in [-0.15, -0.1) is 0 Å². The lowest BCUT2D eigenvalue weighted by Gasteiger charge is -2.40. The zero-order valence-corrected chi connectivity index (χ0v) is 21.4. The Labute approximate surface area is 223 Å². The topological polar surface area (TPSA) is 41.1 Å². The molecule has 9 heteroatoms. The number of alkyl halides is 6. The largest absolute Gasteiger partial charge is 0.416 e. The van der Waals surface area contributed by atoms with Crippen molar-refractivity contribution < 1.29 is 31.1 Å². The first-order valence-corrected chi connectivity index (χ1v) is 12.8. The molecular formula is C30H30F6N2O. The van der Waals surface area contributed by atoms with E-state index >= 15 is 0 Å². The molecule has 0 aromatic heterocycles. The molecule has 3 nitrogen and oxygen atoms in total. The molecule has 3 aromatic rings. The minimum absolute atomic E-state index is 0.0905. The van der Waals surface area contributed by atoms with E-state index < -0.39 is 40.8 Å². The van der Waals surface area contributed by atoms with E-state index in [1.807, 2.05) is 60.7 Å². The van der Waals surface area contributed by atoms with E-state index in [2.05, 4.69) is 10.6 Å². The van der Waals surface area contributed by atoms with Crippen LogP contribution in [0.25, 0.3) is 0 Å². The summed E-state index contributed by atoms with van der Waals surface area (Å²) >= 11 is 0. The molecule has 1 aliphatic carbocycles. The second-order valence-corrected chi connectivity index (χ2v) is 10.1. The van der Waals surface area contributed by atoms with Gasteiger partial charge in [-0.2, -0.15) is 26.3 Å². The van der Waals surface area contributed by atoms with Gasteiger partial charge in [0.05, 0.1) is 22.6 Å². The summed E-state index contributed by atoms with van der Waals surface area (Å²) in [5.74, 6) is -0.409. The van der Waals surface area contributed by atoms with Crippen molar-refractivity contribution in [2.45, 2.75) is 69.0 Å². The van der Waals surface area contributed by atoms with Gasteiger partial charge in [-0.1, -0.05) is 60.7 Å². The van der Waals surface area contributed by atoms with Gasteiger partial charge >= 0.3 is 12.4 Å². The van der Waals surface area contributed by atoms with E-state index in [1.165, 1.54) is 6.92 Å². The van der Waals surface area contributed by atoms with Gasteiger partial charge in [0.2, 0.25) is 5.91 Å². The predicted octanol–water partition coefficient (Wildman–Crippen LogP) is 7.57. The highest BCUT2D eigenvalue weighted by atomic mass is 19.4. The molecule has 0 bridgehead atoms. The third-order valence-electron chi connectivity index (χ3n) is 7.50. The first kappa shape index (κ1) is 28.7. The van der Waals surface area contributed by atoms with Crippen molar-refractivity contribution in [2.24, 2.45) is 0 Å². The number of nitrogens with one attached hydrogen (secondary N) is 2. The van der Waals surface area contributed by atoms with Gasteiger partial charge in [0.25, 0.3) is 0 Å². The molecule has 0 heterocycles. The summed E-state index contributed by atoms with van der Waals surface area (Å²) in [6, 6.07) is 19.6. The molecule has 208 valence electrons. The average Bonchev–Trinajstić information content (AvgIpc) is 2.92. The Morgan fingerprint density at radius 1 is 0.846 bits per heavy atom. The highest BCUT2D eigenvalue weighted by Gasteiger charge is 2.44. The van der Waals surface area contributed by atoms with Crippen LogP contribution in [0.5, 0.6) is 0 Å². The number of amides is 1. The Morgan fingerprint density at radius 3 is 1.87 bits per heavy atom. The molecule has 3 aromatic carbocycles. The van der Waals surface area contributed by atoms with Crippen LogP contribution in [0.1, 0.15) is 66.5 Å². The van der Waals surface area contributed by atoms with Crippen molar-refractivity contribution in [1.82, 2.24) is 10.6 Å². The van der Waals surface area contributed by atoms with E-state index in [0.29, 0.717) is 44.4 Å². The summed E-state index contributed by atoms with van der Waals surface area (Å²) in [5.41, 5.74) is -2.10. The summed E-state index contributed by atoms with van der Waals surface area (Å²) in [4.78, 5) is 13.8. The Morgan fingerprint density at radius 2 is 1.36 bits per heavy atom. The van der Waals surface area contributed by atoms with Gasteiger partial charge in [-0.25, -0.2) is 0 Å². The van der Waals surface area contributed by atoms with Crippen LogP contribution in [-0.2, 0) is 29.1 Å². The van der Waals surface area contributed by atoms with Gasteiger partial charge in [0.1, 0.15) is 0 Å². The SMILES string of the molecule is CC(NC(=O)C1(c2ccccc2)CCC(NCc2ccccc2)CC1)c1cc(C(F)(F)F)cc(C(F)(F)F)c1. The number of benzene rings is 3. The monoisotopic (exact) mass is 548 g/mol. The van der Waals surface area contributed by atoms with Crippen LogP contribution < -0.4 is 10.6 Å². The van der Waals surface area contributed by atoms with Crippen molar-refractivity contribution >= 4 is 5.91 Å². The maximum Gasteiger partial charge on any atom is 0.416 e. The quantitative estimate of drug-likeness (QED) is 0.299. The third kappa shape index (κ3) is 6.82. The Balaban J connectivity index is 1.55. The summed E-state index contributed by atoms with van der Waals surface area (Å²) in [7, 11) is 0. The van der Waals surface area contributed by atoms with Gasteiger partial charge in [0.15, 0.2) is 0 Å². The predicted molar refractivity (Wildman–Crippen MR) is 137 cm³/mol. The summed E-state index contributed by atoms with van der Waals surface area (Å²) < 4.78 is 80.3. The lowest BCUT2D eigenvalue weighted by atomic mass is 9.67. The van der Waals surface area contributed by atoms with Crippen molar-refractivity contribution in [1.29, 1.82) is 0 Å². The maximum absolute atomic E-state index is 13.8. The molecule has 39 heavy (non-hydrogen) atoms. The molecule has 1 atom stereocenters. The van der Waals surface area contributed by atoms with E-state index in [0.717, 1.165) is 11.1 Å². The molecule has 2 N–H and O–H groups in total. The van der Waals surface area contributed by atoms with Gasteiger partial charge in [-0.3, -0.25) is 4.79 Å². The van der Waals surface area contributed by atoms with Crippen LogP contribution in [-0.4, -0.2) is 11.9 Å². The first-order chi connectivity index (χ1) is 18.4. The Hall–Kier alpha value is -3.33. The normalized spacial score (nSPS) is 20.8. The molecule has 1 aliphatic rings. The number of rotatable bonds is 7. The minimum Gasteiger partial charge on any atom is -0.349 e. The van der Waals surface area contributed by atoms with Gasteiger partial charge in [0, 0.05) is 12.6 Å². The van der Waals surface area contributed by atoms with Crippen molar-refractivity contribution in [2.75, 3.05) is 0 Å². The zero-order chi connectivity index (χ0) is 28.3. The minimum atomic E-state index is -4.96. The van der Waals surface area contributed by atoms with Gasteiger partial charge < -0.3 is 10.6 Å². The number of hydrogen-bond acceptors (Lipinski definition) is 2. The second-order valence-electron chi connectivity index (χ2n) is 10.1. The molecule has 4 rings (SSSR count). The standard InChI is InChI=1S/C30H30F6N2O/c1-20(22-16-24(29(31,32)33)18-25(17-22)30(34,35)36)38-27(39)28(23-10-6-3-7-11-23)14-12-26(13-15-28)37-19-21-8-4-2-5-9-21/h2-11,16-18,20,26,37H,12-15,19H2,1H3,(H,38,39). The highest BCUT2D eigenvalue weighted by molar-refractivity contribution is 5.88. The van der Waals surface area contributed by atoms with Crippen LogP contribution in [0, 0.1) is 0 Å². The molecule has 1 unspecified atom stereocenters. The van der Waals surface area contributed by atoms with E-state index in [4.69, 9.17) is 0 Å². The fraction of sp³-hybridized carbons (Fsp3) is 0.367. The molecule has 0 radical (unpaired) electrons. The molecule has 1 saturated carbocycles. The molecule has 0 spiro atoms. The number of carbonyl (C=O) groups is 1. The third-order valence-corrected chi connectivity index (χ3v) is 7.50. The average molecular weight is 549 g/mol. The lowest BCUT2D eigenvalue weighted by Crippen LogP contribution is -2.49. The first-order valence-electron chi connectivity index (χ1n) is 12.8. The molecule has 0 saturated heterocycles. The summed E-state index contributed by atoms with van der Waals surface area (Å²) in [5, 5.41) is 6.27. The molecule has 1 fully saturated rings. The van der Waals surface area contributed by atoms with Crippen LogP contribution in [0.15, 0.2) is 78.9 Å². The number of carbonyl (C=O) groups excluding carboxylic acids is 1. The van der Waals surface area contributed by atoms with Crippen molar-refractivity contribution in [3.63, 3.8) is 0 Å². The van der Waals surface area contributed by atoms with Crippen LogP contribution in [0.4, 0.5) is 26.3 Å². The van der Waals surface area contributed by atoms with E-state index in [1.54, 1.807) is 0 Å². The van der Waals surface area contributed by atoms with Crippen molar-refractivity contribution in [3.8, 4) is 0 Å². The van der Waals surface area contributed by atoms with Crippen LogP contribution in [0.3, 0.4) is 0 Å². The van der Waals surface area contributed by atoms with Gasteiger partial charge in [-0.05, 0) is 67.5 Å². The smallest absolute Gasteiger partial charge is 0.349 e. The van der Waals surface area contributed by atoms with Crippen molar-refractivity contribution in [3.05, 3.63) is 107 Å². The Bertz CT molecular complexity index is 1220. The second kappa shape index (κ2) is 11.4. The fourth-order valence-corrected chi connectivity index (χ4v) is 5.22. The number of hydrogen-bond donors (Lipinski definition) is 2. The highest BCUT2D eigenvalue weighted by Crippen LogP contribution is 2.41. The number of halogens is 6. The zero-order valence-electron chi connectivity index (χ0n) is 21.4. The molecule has 0 aliphatic heterocycles. The van der Waals surface area contributed by atoms with E-state index in [-0.39, 0.29) is 17.7 Å². The van der Waals surface area contributed by atoms with Crippen LogP contribution in [0.2, 0.25) is 0 Å². The fourth-order valence-electron chi connectivity index (χ4n) is 5.22.